The molecule has 0 aromatic heterocycles. The van der Waals surface area contributed by atoms with E-state index in [-0.39, 0.29) is 5.91 Å². The van der Waals surface area contributed by atoms with E-state index in [1.54, 1.807) is 11.8 Å². The molecule has 1 fully saturated rings. The third-order valence-corrected chi connectivity index (χ3v) is 6.01. The van der Waals surface area contributed by atoms with Gasteiger partial charge in [0.2, 0.25) is 5.91 Å². The lowest BCUT2D eigenvalue weighted by Gasteiger charge is -2.29. The molecule has 0 spiro atoms. The maximum absolute atomic E-state index is 12.0. The monoisotopic (exact) mass is 418 g/mol. The number of halogens is 1. The number of carbonyl (C=O) groups excluding carboxylic acids is 1. The topological polar surface area (TPSA) is 41.6 Å². The Balaban J connectivity index is 1.35. The summed E-state index contributed by atoms with van der Waals surface area (Å²) in [6, 6.07) is 15.8. The summed E-state index contributed by atoms with van der Waals surface area (Å²) in [7, 11) is 2.15. The molecule has 0 unspecified atom stereocenters. The molecular weight excluding hydrogens is 392 g/mol. The van der Waals surface area contributed by atoms with Crippen LogP contribution in [0.25, 0.3) is 0 Å². The van der Waals surface area contributed by atoms with Crippen LogP contribution in [0.5, 0.6) is 5.75 Å². The standard InChI is InChI=1S/C22H27ClN2O2S/c1-25-11-9-21(10-12-25)27-20-7-5-17(6-8-20)14-24-22(26)16-28-15-18-3-2-4-19(23)13-18/h2-8,13,21H,9-12,14-16H2,1H3,(H,24,26). The number of amides is 1. The molecule has 1 aliphatic rings. The van der Waals surface area contributed by atoms with Crippen molar-refractivity contribution in [3.05, 3.63) is 64.7 Å². The molecule has 1 N–H and O–H groups in total. The van der Waals surface area contributed by atoms with E-state index in [0.717, 1.165) is 53.6 Å². The van der Waals surface area contributed by atoms with Gasteiger partial charge in [0, 0.05) is 30.4 Å². The minimum atomic E-state index is 0.0404. The van der Waals surface area contributed by atoms with Crippen molar-refractivity contribution >= 4 is 29.3 Å². The Bertz CT molecular complexity index is 761. The van der Waals surface area contributed by atoms with Gasteiger partial charge < -0.3 is 15.0 Å². The zero-order chi connectivity index (χ0) is 19.8. The number of piperidine rings is 1. The molecule has 4 nitrogen and oxygen atoms in total. The first kappa shape index (κ1) is 21.0. The van der Waals surface area contributed by atoms with Crippen molar-refractivity contribution < 1.29 is 9.53 Å². The van der Waals surface area contributed by atoms with Crippen LogP contribution in [0.3, 0.4) is 0 Å². The zero-order valence-electron chi connectivity index (χ0n) is 16.2. The van der Waals surface area contributed by atoms with Crippen LogP contribution in [-0.4, -0.2) is 42.8 Å². The number of nitrogens with one attached hydrogen (secondary N) is 1. The lowest BCUT2D eigenvalue weighted by atomic mass is 10.1. The molecule has 1 saturated heterocycles. The van der Waals surface area contributed by atoms with Gasteiger partial charge in [-0.25, -0.2) is 0 Å². The fraction of sp³-hybridized carbons (Fsp3) is 0.409. The smallest absolute Gasteiger partial charge is 0.230 e. The van der Waals surface area contributed by atoms with Gasteiger partial charge >= 0.3 is 0 Å². The second-order valence-electron chi connectivity index (χ2n) is 7.16. The third-order valence-electron chi connectivity index (χ3n) is 4.77. The van der Waals surface area contributed by atoms with E-state index in [9.17, 15) is 4.79 Å². The summed E-state index contributed by atoms with van der Waals surface area (Å²) < 4.78 is 6.06. The summed E-state index contributed by atoms with van der Waals surface area (Å²) in [6.45, 7) is 2.71. The Hall–Kier alpha value is -1.69. The van der Waals surface area contributed by atoms with E-state index in [1.807, 2.05) is 48.5 Å². The fourth-order valence-electron chi connectivity index (χ4n) is 3.12. The molecule has 6 heteroatoms. The highest BCUT2D eigenvalue weighted by Crippen LogP contribution is 2.19. The Kier molecular flexibility index (Phi) is 8.07. The molecule has 0 aliphatic carbocycles. The van der Waals surface area contributed by atoms with Gasteiger partial charge in [-0.2, -0.15) is 0 Å². The van der Waals surface area contributed by atoms with Gasteiger partial charge in [-0.05, 0) is 55.3 Å². The number of carbonyl (C=O) groups is 1. The van der Waals surface area contributed by atoms with Gasteiger partial charge in [-0.15, -0.1) is 11.8 Å². The van der Waals surface area contributed by atoms with Crippen molar-refractivity contribution in [2.45, 2.75) is 31.2 Å². The minimum absolute atomic E-state index is 0.0404. The van der Waals surface area contributed by atoms with E-state index in [1.165, 1.54) is 0 Å². The number of hydrogen-bond donors (Lipinski definition) is 1. The van der Waals surface area contributed by atoms with E-state index in [0.29, 0.717) is 18.4 Å². The molecule has 150 valence electrons. The summed E-state index contributed by atoms with van der Waals surface area (Å²) in [5, 5.41) is 3.70. The minimum Gasteiger partial charge on any atom is -0.490 e. The third kappa shape index (κ3) is 7.04. The van der Waals surface area contributed by atoms with Crippen molar-refractivity contribution in [3.63, 3.8) is 0 Å². The van der Waals surface area contributed by atoms with Crippen LogP contribution in [0.4, 0.5) is 0 Å². The Morgan fingerprint density at radius 2 is 1.93 bits per heavy atom. The maximum Gasteiger partial charge on any atom is 0.230 e. The molecule has 0 atom stereocenters. The summed E-state index contributed by atoms with van der Waals surface area (Å²) >= 11 is 7.56. The Morgan fingerprint density at radius 3 is 2.64 bits per heavy atom. The van der Waals surface area contributed by atoms with Gasteiger partial charge in [0.05, 0.1) is 5.75 Å². The number of hydrogen-bond acceptors (Lipinski definition) is 4. The summed E-state index contributed by atoms with van der Waals surface area (Å²) in [5.74, 6) is 2.15. The predicted molar refractivity (Wildman–Crippen MR) is 117 cm³/mol. The molecule has 28 heavy (non-hydrogen) atoms. The first-order valence-corrected chi connectivity index (χ1v) is 11.1. The predicted octanol–water partition coefficient (Wildman–Crippen LogP) is 4.36. The Labute approximate surface area is 176 Å². The van der Waals surface area contributed by atoms with Crippen LogP contribution < -0.4 is 10.1 Å². The molecule has 0 bridgehead atoms. The number of likely N-dealkylation sites (tertiary alicyclic amines) is 1. The molecule has 0 saturated carbocycles. The second-order valence-corrected chi connectivity index (χ2v) is 8.59. The zero-order valence-corrected chi connectivity index (χ0v) is 17.8. The van der Waals surface area contributed by atoms with Crippen molar-refractivity contribution in [2.24, 2.45) is 0 Å². The van der Waals surface area contributed by atoms with E-state index in [4.69, 9.17) is 16.3 Å². The summed E-state index contributed by atoms with van der Waals surface area (Å²) in [5.41, 5.74) is 2.20. The number of ether oxygens (including phenoxy) is 1. The molecule has 2 aromatic carbocycles. The molecule has 1 amide bonds. The van der Waals surface area contributed by atoms with Crippen LogP contribution in [0.2, 0.25) is 5.02 Å². The SMILES string of the molecule is CN1CCC(Oc2ccc(CNC(=O)CSCc3cccc(Cl)c3)cc2)CC1. The van der Waals surface area contributed by atoms with E-state index >= 15 is 0 Å². The van der Waals surface area contributed by atoms with Crippen molar-refractivity contribution in [2.75, 3.05) is 25.9 Å². The number of nitrogens with zero attached hydrogens (tertiary/aromatic N) is 1. The number of rotatable bonds is 8. The number of thioether (sulfide) groups is 1. The lowest BCUT2D eigenvalue weighted by Crippen LogP contribution is -2.35. The first-order chi connectivity index (χ1) is 13.6. The first-order valence-electron chi connectivity index (χ1n) is 9.61. The highest BCUT2D eigenvalue weighted by atomic mass is 35.5. The van der Waals surface area contributed by atoms with Crippen LogP contribution in [-0.2, 0) is 17.1 Å². The maximum atomic E-state index is 12.0. The highest BCUT2D eigenvalue weighted by Gasteiger charge is 2.17. The molecule has 3 rings (SSSR count). The molecular formula is C22H27ClN2O2S. The summed E-state index contributed by atoms with van der Waals surface area (Å²) in [6.07, 6.45) is 2.45. The average molecular weight is 419 g/mol. The normalized spacial score (nSPS) is 15.4. The van der Waals surface area contributed by atoms with Gasteiger partial charge in [0.1, 0.15) is 11.9 Å². The molecule has 1 aliphatic heterocycles. The van der Waals surface area contributed by atoms with Crippen molar-refractivity contribution in [1.29, 1.82) is 0 Å². The fourth-order valence-corrected chi connectivity index (χ4v) is 4.14. The lowest BCUT2D eigenvalue weighted by molar-refractivity contribution is -0.118. The van der Waals surface area contributed by atoms with Gasteiger partial charge in [0.15, 0.2) is 0 Å². The molecule has 0 radical (unpaired) electrons. The highest BCUT2D eigenvalue weighted by molar-refractivity contribution is 7.99. The van der Waals surface area contributed by atoms with Crippen molar-refractivity contribution in [1.82, 2.24) is 10.2 Å². The van der Waals surface area contributed by atoms with Crippen LogP contribution >= 0.6 is 23.4 Å². The molecule has 2 aromatic rings. The second kappa shape index (κ2) is 10.7. The van der Waals surface area contributed by atoms with E-state index in [2.05, 4.69) is 17.3 Å². The van der Waals surface area contributed by atoms with Gasteiger partial charge in [-0.3, -0.25) is 4.79 Å². The van der Waals surface area contributed by atoms with Crippen LogP contribution in [0.1, 0.15) is 24.0 Å². The van der Waals surface area contributed by atoms with Crippen molar-refractivity contribution in [3.8, 4) is 5.75 Å². The summed E-state index contributed by atoms with van der Waals surface area (Å²) in [4.78, 5) is 14.4. The number of benzene rings is 2. The van der Waals surface area contributed by atoms with E-state index < -0.39 is 0 Å². The van der Waals surface area contributed by atoms with Crippen LogP contribution in [0, 0.1) is 0 Å². The van der Waals surface area contributed by atoms with Crippen LogP contribution in [0.15, 0.2) is 48.5 Å². The quantitative estimate of drug-likeness (QED) is 0.691. The van der Waals surface area contributed by atoms with Gasteiger partial charge in [-0.1, -0.05) is 35.9 Å². The molecule has 1 heterocycles. The average Bonchev–Trinajstić information content (AvgIpc) is 2.69. The largest absolute Gasteiger partial charge is 0.490 e. The Morgan fingerprint density at radius 1 is 1.18 bits per heavy atom. The van der Waals surface area contributed by atoms with Gasteiger partial charge in [0.25, 0.3) is 0 Å².